The summed E-state index contributed by atoms with van der Waals surface area (Å²) in [5.41, 5.74) is 2.52. The summed E-state index contributed by atoms with van der Waals surface area (Å²) >= 11 is 0. The van der Waals surface area contributed by atoms with Crippen LogP contribution in [0.1, 0.15) is 37.1 Å². The van der Waals surface area contributed by atoms with Gasteiger partial charge in [-0.25, -0.2) is 0 Å². The van der Waals surface area contributed by atoms with E-state index in [0.717, 1.165) is 11.1 Å². The molecule has 3 rings (SSSR count). The van der Waals surface area contributed by atoms with Gasteiger partial charge in [0.1, 0.15) is 5.75 Å². The zero-order valence-corrected chi connectivity index (χ0v) is 13.8. The van der Waals surface area contributed by atoms with Crippen LogP contribution in [0.5, 0.6) is 5.75 Å². The quantitative estimate of drug-likeness (QED) is 0.744. The highest BCUT2D eigenvalue weighted by atomic mass is 16.5. The Hall–Kier alpha value is -2.39. The van der Waals surface area contributed by atoms with E-state index in [1.807, 2.05) is 24.5 Å². The summed E-state index contributed by atoms with van der Waals surface area (Å²) < 4.78 is 5.49. The monoisotopic (exact) mass is 306 g/mol. The minimum Gasteiger partial charge on any atom is -0.496 e. The van der Waals surface area contributed by atoms with Crippen molar-refractivity contribution in [2.24, 2.45) is 0 Å². The molecule has 0 spiro atoms. The normalized spacial score (nSPS) is 13.7. The molecule has 1 heterocycles. The maximum Gasteiger partial charge on any atom is 0.126 e. The van der Waals surface area contributed by atoms with E-state index in [-0.39, 0.29) is 12.1 Å². The molecule has 3 heteroatoms. The number of fused-ring (bicyclic) bond motifs is 1. The van der Waals surface area contributed by atoms with Crippen molar-refractivity contribution in [3.8, 4) is 5.75 Å². The van der Waals surface area contributed by atoms with Gasteiger partial charge in [0.2, 0.25) is 0 Å². The number of methoxy groups -OCH3 is 1. The number of hydrogen-bond acceptors (Lipinski definition) is 3. The van der Waals surface area contributed by atoms with Crippen LogP contribution in [0.15, 0.2) is 60.9 Å². The molecular formula is C20H22N2O. The predicted octanol–water partition coefficient (Wildman–Crippen LogP) is 4.66. The Morgan fingerprint density at radius 3 is 2.26 bits per heavy atom. The standard InChI is InChI=1S/C20H22N2O/c1-14(16-10-12-21-13-11-16)22-15(2)17-8-9-20(23-3)19-7-5-4-6-18(17)19/h4-15,22H,1-3H3/t14-,15-/m0/s1. The Balaban J connectivity index is 1.91. The van der Waals surface area contributed by atoms with Gasteiger partial charge in [0, 0.05) is 29.9 Å². The fourth-order valence-electron chi connectivity index (χ4n) is 3.06. The summed E-state index contributed by atoms with van der Waals surface area (Å²) in [4.78, 5) is 4.08. The molecule has 0 bridgehead atoms. The van der Waals surface area contributed by atoms with Crippen molar-refractivity contribution >= 4 is 10.8 Å². The summed E-state index contributed by atoms with van der Waals surface area (Å²) in [5.74, 6) is 0.915. The van der Waals surface area contributed by atoms with Gasteiger partial charge >= 0.3 is 0 Å². The predicted molar refractivity (Wildman–Crippen MR) is 94.7 cm³/mol. The summed E-state index contributed by atoms with van der Waals surface area (Å²) in [6, 6.07) is 17.2. The number of benzene rings is 2. The van der Waals surface area contributed by atoms with Crippen LogP contribution >= 0.6 is 0 Å². The fraction of sp³-hybridized carbons (Fsp3) is 0.250. The lowest BCUT2D eigenvalue weighted by Crippen LogP contribution is -2.22. The summed E-state index contributed by atoms with van der Waals surface area (Å²) in [6.07, 6.45) is 3.67. The average molecular weight is 306 g/mol. The van der Waals surface area contributed by atoms with Gasteiger partial charge in [-0.3, -0.25) is 4.98 Å². The number of pyridine rings is 1. The van der Waals surface area contributed by atoms with E-state index in [2.05, 4.69) is 60.5 Å². The van der Waals surface area contributed by atoms with Crippen LogP contribution in [-0.4, -0.2) is 12.1 Å². The maximum absolute atomic E-state index is 5.49. The number of ether oxygens (including phenoxy) is 1. The molecule has 2 atom stereocenters. The topological polar surface area (TPSA) is 34.1 Å². The molecule has 2 aromatic carbocycles. The Labute approximate surface area is 137 Å². The minimum atomic E-state index is 0.231. The van der Waals surface area contributed by atoms with Crippen molar-refractivity contribution in [3.63, 3.8) is 0 Å². The third-order valence-corrected chi connectivity index (χ3v) is 4.31. The Morgan fingerprint density at radius 2 is 1.57 bits per heavy atom. The van der Waals surface area contributed by atoms with Crippen LogP contribution in [0.3, 0.4) is 0 Å². The lowest BCUT2D eigenvalue weighted by molar-refractivity contribution is 0.419. The van der Waals surface area contributed by atoms with Crippen molar-refractivity contribution in [2.75, 3.05) is 7.11 Å². The molecule has 0 saturated carbocycles. The van der Waals surface area contributed by atoms with Crippen molar-refractivity contribution in [1.29, 1.82) is 0 Å². The summed E-state index contributed by atoms with van der Waals surface area (Å²) in [6.45, 7) is 4.38. The average Bonchev–Trinajstić information content (AvgIpc) is 2.61. The zero-order valence-electron chi connectivity index (χ0n) is 13.8. The second-order valence-electron chi connectivity index (χ2n) is 5.79. The molecule has 1 aromatic heterocycles. The largest absolute Gasteiger partial charge is 0.496 e. The van der Waals surface area contributed by atoms with Crippen LogP contribution in [0, 0.1) is 0 Å². The number of nitrogens with one attached hydrogen (secondary N) is 1. The molecule has 0 amide bonds. The first kappa shape index (κ1) is 15.5. The number of nitrogens with zero attached hydrogens (tertiary/aromatic N) is 1. The molecule has 0 unspecified atom stereocenters. The first-order valence-corrected chi connectivity index (χ1v) is 7.92. The van der Waals surface area contributed by atoms with Gasteiger partial charge in [-0.2, -0.15) is 0 Å². The molecule has 0 aliphatic rings. The third kappa shape index (κ3) is 3.20. The van der Waals surface area contributed by atoms with E-state index in [1.165, 1.54) is 16.5 Å². The number of aromatic nitrogens is 1. The SMILES string of the molecule is COc1ccc([C@H](C)N[C@@H](C)c2ccncc2)c2ccccc12. The van der Waals surface area contributed by atoms with Crippen molar-refractivity contribution in [2.45, 2.75) is 25.9 Å². The molecule has 23 heavy (non-hydrogen) atoms. The molecule has 118 valence electrons. The van der Waals surface area contributed by atoms with E-state index in [4.69, 9.17) is 4.74 Å². The van der Waals surface area contributed by atoms with E-state index >= 15 is 0 Å². The molecule has 3 aromatic rings. The number of hydrogen-bond donors (Lipinski definition) is 1. The lowest BCUT2D eigenvalue weighted by atomic mass is 9.98. The summed E-state index contributed by atoms with van der Waals surface area (Å²) in [7, 11) is 1.72. The molecule has 3 nitrogen and oxygen atoms in total. The van der Waals surface area contributed by atoms with Crippen molar-refractivity contribution in [1.82, 2.24) is 10.3 Å². The first-order valence-electron chi connectivity index (χ1n) is 7.92. The van der Waals surface area contributed by atoms with E-state index in [1.54, 1.807) is 7.11 Å². The molecule has 0 radical (unpaired) electrons. The lowest BCUT2D eigenvalue weighted by Gasteiger charge is -2.22. The Morgan fingerprint density at radius 1 is 0.870 bits per heavy atom. The fourth-order valence-corrected chi connectivity index (χ4v) is 3.06. The maximum atomic E-state index is 5.49. The highest BCUT2D eigenvalue weighted by molar-refractivity contribution is 5.91. The van der Waals surface area contributed by atoms with Gasteiger partial charge in [-0.05, 0) is 48.6 Å². The second kappa shape index (κ2) is 6.80. The molecule has 0 saturated heterocycles. The Kier molecular flexibility index (Phi) is 4.58. The van der Waals surface area contributed by atoms with Gasteiger partial charge in [-0.1, -0.05) is 30.3 Å². The van der Waals surface area contributed by atoms with Gasteiger partial charge in [0.25, 0.3) is 0 Å². The highest BCUT2D eigenvalue weighted by Gasteiger charge is 2.14. The van der Waals surface area contributed by atoms with Crippen molar-refractivity contribution < 1.29 is 4.74 Å². The highest BCUT2D eigenvalue weighted by Crippen LogP contribution is 2.32. The molecule has 0 aliphatic carbocycles. The van der Waals surface area contributed by atoms with Crippen LogP contribution in [0.25, 0.3) is 10.8 Å². The van der Waals surface area contributed by atoms with Crippen LogP contribution in [-0.2, 0) is 0 Å². The molecule has 0 fully saturated rings. The molecule has 0 aliphatic heterocycles. The van der Waals surface area contributed by atoms with Crippen molar-refractivity contribution in [3.05, 3.63) is 72.1 Å². The smallest absolute Gasteiger partial charge is 0.126 e. The minimum absolute atomic E-state index is 0.231. The van der Waals surface area contributed by atoms with Crippen LogP contribution in [0.4, 0.5) is 0 Å². The first-order chi connectivity index (χ1) is 11.2. The third-order valence-electron chi connectivity index (χ3n) is 4.31. The van der Waals surface area contributed by atoms with E-state index < -0.39 is 0 Å². The van der Waals surface area contributed by atoms with E-state index in [0.29, 0.717) is 0 Å². The zero-order chi connectivity index (χ0) is 16.2. The van der Waals surface area contributed by atoms with Gasteiger partial charge in [-0.15, -0.1) is 0 Å². The number of rotatable bonds is 5. The van der Waals surface area contributed by atoms with Gasteiger partial charge < -0.3 is 10.1 Å². The second-order valence-corrected chi connectivity index (χ2v) is 5.79. The van der Waals surface area contributed by atoms with Crippen LogP contribution < -0.4 is 10.1 Å². The van der Waals surface area contributed by atoms with Crippen LogP contribution in [0.2, 0.25) is 0 Å². The van der Waals surface area contributed by atoms with Gasteiger partial charge in [0.15, 0.2) is 0 Å². The summed E-state index contributed by atoms with van der Waals surface area (Å²) in [5, 5.41) is 6.05. The van der Waals surface area contributed by atoms with E-state index in [9.17, 15) is 0 Å². The molecule has 1 N–H and O–H groups in total. The Bertz CT molecular complexity index is 786. The van der Waals surface area contributed by atoms with Gasteiger partial charge in [0.05, 0.1) is 7.11 Å². The molecular weight excluding hydrogens is 284 g/mol.